The van der Waals surface area contributed by atoms with Crippen molar-refractivity contribution in [3.05, 3.63) is 120 Å². The minimum atomic E-state index is -4.94. The van der Waals surface area contributed by atoms with Gasteiger partial charge in [-0.05, 0) is 0 Å². The molecule has 0 unspecified atom stereocenters. The van der Waals surface area contributed by atoms with Gasteiger partial charge in [0.2, 0.25) is 0 Å². The van der Waals surface area contributed by atoms with Gasteiger partial charge >= 0.3 is 191 Å². The van der Waals surface area contributed by atoms with E-state index in [1.54, 1.807) is 0 Å². The number of rotatable bonds is 8. The van der Waals surface area contributed by atoms with E-state index in [0.717, 1.165) is 12.8 Å². The van der Waals surface area contributed by atoms with Gasteiger partial charge in [0.25, 0.3) is 0 Å². The van der Waals surface area contributed by atoms with Crippen LogP contribution in [0.15, 0.2) is 109 Å². The second kappa shape index (κ2) is 13.2. The second-order valence-electron chi connectivity index (χ2n) is 8.55. The Morgan fingerprint density at radius 2 is 0.750 bits per heavy atom. The van der Waals surface area contributed by atoms with E-state index in [2.05, 4.69) is 123 Å². The van der Waals surface area contributed by atoms with E-state index < -0.39 is 23.8 Å². The van der Waals surface area contributed by atoms with Gasteiger partial charge in [0.1, 0.15) is 0 Å². The SMILES string of the molecule is CCCc1ccc([As+](c2ccccc2)(c2ccccc2)c2ccc(CCC)cc2)cc1.[O-][Cl+3]([O-])([O-])[O-]. The average molecular weight is 567 g/mol. The third-order valence-corrected chi connectivity index (χ3v) is 15.0. The fourth-order valence-electron chi connectivity index (χ4n) is 4.55. The van der Waals surface area contributed by atoms with Crippen LogP contribution in [0.1, 0.15) is 37.8 Å². The number of aryl methyl sites for hydroxylation is 2. The van der Waals surface area contributed by atoms with Crippen LogP contribution in [0, 0.1) is 10.2 Å². The molecule has 0 radical (unpaired) electrons. The Hall–Kier alpha value is -2.43. The molecule has 4 aromatic rings. The van der Waals surface area contributed by atoms with Crippen LogP contribution < -0.4 is 36.0 Å². The molecule has 0 bridgehead atoms. The minimum Gasteiger partial charge on any atom is -0.222 e. The first kappa shape index (κ1) is 28.1. The van der Waals surface area contributed by atoms with Gasteiger partial charge in [0.15, 0.2) is 0 Å². The van der Waals surface area contributed by atoms with Crippen LogP contribution in [-0.2, 0) is 12.8 Å². The molecule has 0 saturated heterocycles. The zero-order valence-corrected chi connectivity index (χ0v) is 23.3. The first-order chi connectivity index (χ1) is 17.3. The van der Waals surface area contributed by atoms with Crippen LogP contribution in [0.5, 0.6) is 0 Å². The van der Waals surface area contributed by atoms with Crippen molar-refractivity contribution in [2.75, 3.05) is 0 Å². The summed E-state index contributed by atoms with van der Waals surface area (Å²) in [5, 5.41) is 0. The standard InChI is InChI=1S/C30H32As.ClHO4/c1-3-11-25-17-21-29(22-18-25)31(27-13-7-5-8-14-27,28-15-9-6-10-16-28)30-23-19-26(12-4-2)20-24-30;2-1(3,4)5/h5-10,13-24H,3-4,11-12H2,1-2H3;(H,2,3,4,5)/q+1;/p-1. The summed E-state index contributed by atoms with van der Waals surface area (Å²) in [5.74, 6) is 0. The predicted octanol–water partition coefficient (Wildman–Crippen LogP) is 0.213. The van der Waals surface area contributed by atoms with Crippen molar-refractivity contribution in [3.8, 4) is 0 Å². The minimum absolute atomic E-state index is 1.14. The topological polar surface area (TPSA) is 92.2 Å². The molecular formula is C30H32AsClO4. The van der Waals surface area contributed by atoms with Gasteiger partial charge < -0.3 is 0 Å². The summed E-state index contributed by atoms with van der Waals surface area (Å²) in [6, 6.07) is 41.5. The molecule has 0 spiro atoms. The van der Waals surface area contributed by atoms with Crippen molar-refractivity contribution in [1.82, 2.24) is 0 Å². The van der Waals surface area contributed by atoms with Gasteiger partial charge in [-0.3, -0.25) is 0 Å². The molecule has 4 nitrogen and oxygen atoms in total. The second-order valence-corrected chi connectivity index (χ2v) is 16.5. The van der Waals surface area contributed by atoms with Crippen LogP contribution in [0.2, 0.25) is 0 Å². The van der Waals surface area contributed by atoms with Gasteiger partial charge in [0, 0.05) is 0 Å². The Kier molecular flexibility index (Phi) is 10.3. The molecular weight excluding hydrogens is 535 g/mol. The average Bonchev–Trinajstić information content (AvgIpc) is 2.87. The Labute approximate surface area is 219 Å². The summed E-state index contributed by atoms with van der Waals surface area (Å²) >= 11 is -2.88. The molecule has 0 fully saturated rings. The number of halogens is 1. The molecule has 0 heterocycles. The monoisotopic (exact) mass is 566 g/mol. The smallest absolute Gasteiger partial charge is 0.112 e. The van der Waals surface area contributed by atoms with E-state index in [-0.39, 0.29) is 0 Å². The molecule has 188 valence electrons. The molecule has 0 aliphatic rings. The van der Waals surface area contributed by atoms with Crippen molar-refractivity contribution in [2.24, 2.45) is 0 Å². The number of hydrogen-bond acceptors (Lipinski definition) is 4. The molecule has 0 aliphatic carbocycles. The predicted molar refractivity (Wildman–Crippen MR) is 138 cm³/mol. The van der Waals surface area contributed by atoms with Gasteiger partial charge in [-0.2, -0.15) is 0 Å². The Balaban J connectivity index is 0.000000658. The maximum Gasteiger partial charge on any atom is -0.112 e. The summed E-state index contributed by atoms with van der Waals surface area (Å²) in [6.45, 7) is 4.50. The maximum atomic E-state index is 8.49. The van der Waals surface area contributed by atoms with E-state index in [1.807, 2.05) is 0 Å². The molecule has 0 N–H and O–H groups in total. The summed E-state index contributed by atoms with van der Waals surface area (Å²) in [7, 11) is -4.94. The van der Waals surface area contributed by atoms with Crippen LogP contribution in [-0.4, -0.2) is 13.6 Å². The van der Waals surface area contributed by atoms with Crippen molar-refractivity contribution in [1.29, 1.82) is 0 Å². The molecule has 6 heteroatoms. The molecule has 0 aromatic heterocycles. The fourth-order valence-corrected chi connectivity index (χ4v) is 13.4. The molecule has 36 heavy (non-hydrogen) atoms. The first-order valence-electron chi connectivity index (χ1n) is 12.1. The Morgan fingerprint density at radius 1 is 0.472 bits per heavy atom. The molecule has 0 aliphatic heterocycles. The third kappa shape index (κ3) is 7.30. The van der Waals surface area contributed by atoms with Crippen LogP contribution in [0.4, 0.5) is 0 Å². The van der Waals surface area contributed by atoms with E-state index in [9.17, 15) is 0 Å². The van der Waals surface area contributed by atoms with E-state index >= 15 is 0 Å². The zero-order valence-electron chi connectivity index (χ0n) is 20.7. The normalized spacial score (nSPS) is 11.5. The molecule has 4 rings (SSSR count). The van der Waals surface area contributed by atoms with Crippen molar-refractivity contribution < 1.29 is 28.9 Å². The largest absolute Gasteiger partial charge is 0.222 e. The molecule has 0 atom stereocenters. The Morgan fingerprint density at radius 3 is 1.03 bits per heavy atom. The summed E-state index contributed by atoms with van der Waals surface area (Å²) in [4.78, 5) is 0. The zero-order chi connectivity index (χ0) is 26.0. The number of benzene rings is 4. The van der Waals surface area contributed by atoms with Crippen LogP contribution >= 0.6 is 0 Å². The number of hydrogen-bond donors (Lipinski definition) is 0. The van der Waals surface area contributed by atoms with Gasteiger partial charge in [0.05, 0.1) is 0 Å². The summed E-state index contributed by atoms with van der Waals surface area (Å²) in [6.07, 6.45) is 4.64. The van der Waals surface area contributed by atoms with Crippen molar-refractivity contribution >= 4 is 31.0 Å². The van der Waals surface area contributed by atoms with Crippen LogP contribution in [0.25, 0.3) is 0 Å². The third-order valence-electron chi connectivity index (χ3n) is 6.01. The van der Waals surface area contributed by atoms with Gasteiger partial charge in [-0.15, -0.1) is 10.2 Å². The van der Waals surface area contributed by atoms with E-state index in [0.29, 0.717) is 0 Å². The molecule has 0 saturated carbocycles. The summed E-state index contributed by atoms with van der Waals surface area (Å²) in [5.41, 5.74) is 2.86. The fraction of sp³-hybridized carbons (Fsp3) is 0.200. The van der Waals surface area contributed by atoms with Crippen LogP contribution in [0.3, 0.4) is 0 Å². The molecule has 4 aromatic carbocycles. The van der Waals surface area contributed by atoms with Gasteiger partial charge in [-0.25, -0.2) is 18.6 Å². The molecule has 0 amide bonds. The van der Waals surface area contributed by atoms with E-state index in [4.69, 9.17) is 18.6 Å². The Bertz CT molecular complexity index is 1080. The van der Waals surface area contributed by atoms with Gasteiger partial charge in [-0.1, -0.05) is 0 Å². The van der Waals surface area contributed by atoms with Crippen molar-refractivity contribution in [3.63, 3.8) is 0 Å². The maximum absolute atomic E-state index is 8.49. The first-order valence-corrected chi connectivity index (χ1v) is 17.1. The summed E-state index contributed by atoms with van der Waals surface area (Å²) < 4.78 is 39.9. The van der Waals surface area contributed by atoms with E-state index in [1.165, 1.54) is 41.4 Å². The quantitative estimate of drug-likeness (QED) is 0.285. The van der Waals surface area contributed by atoms with Crippen molar-refractivity contribution in [2.45, 2.75) is 39.5 Å².